The van der Waals surface area contributed by atoms with Gasteiger partial charge in [-0.3, -0.25) is 0 Å². The molecule has 0 unspecified atom stereocenters. The summed E-state index contributed by atoms with van der Waals surface area (Å²) in [5, 5.41) is 12.3. The second-order valence-electron chi connectivity index (χ2n) is 4.99. The van der Waals surface area contributed by atoms with Gasteiger partial charge in [0.15, 0.2) is 0 Å². The molecule has 0 saturated heterocycles. The highest BCUT2D eigenvalue weighted by atomic mass is 16.5. The van der Waals surface area contributed by atoms with Crippen molar-refractivity contribution in [3.05, 3.63) is 47.3 Å². The van der Waals surface area contributed by atoms with Crippen LogP contribution in [0.1, 0.15) is 23.2 Å². The Hall–Kier alpha value is -2.64. The van der Waals surface area contributed by atoms with E-state index in [0.717, 1.165) is 34.8 Å². The van der Waals surface area contributed by atoms with E-state index in [1.54, 1.807) is 7.11 Å². The monoisotopic (exact) mass is 294 g/mol. The molecule has 3 rings (SSSR count). The minimum absolute atomic E-state index is 0.0860. The Balaban J connectivity index is 2.02. The van der Waals surface area contributed by atoms with Crippen molar-refractivity contribution in [1.82, 2.24) is 4.98 Å². The first-order valence-electron chi connectivity index (χ1n) is 7.22. The number of nitrogens with one attached hydrogen (secondary N) is 2. The molecule has 3 N–H and O–H groups in total. The summed E-state index contributed by atoms with van der Waals surface area (Å²) < 4.78 is 5.34. The van der Waals surface area contributed by atoms with E-state index in [9.17, 15) is 0 Å². The van der Waals surface area contributed by atoms with Gasteiger partial charge < -0.3 is 20.1 Å². The molecule has 2 aromatic rings. The van der Waals surface area contributed by atoms with Crippen molar-refractivity contribution in [3.63, 3.8) is 0 Å². The van der Waals surface area contributed by atoms with E-state index in [0.29, 0.717) is 6.42 Å². The first kappa shape index (κ1) is 14.3. The Morgan fingerprint density at radius 3 is 3.09 bits per heavy atom. The van der Waals surface area contributed by atoms with Crippen LogP contribution in [0, 0.1) is 11.8 Å². The third-order valence-electron chi connectivity index (χ3n) is 3.59. The van der Waals surface area contributed by atoms with E-state index in [1.807, 2.05) is 24.4 Å². The molecule has 0 fully saturated rings. The number of aromatic nitrogens is 1. The van der Waals surface area contributed by atoms with Crippen molar-refractivity contribution in [2.75, 3.05) is 25.6 Å². The Bertz CT molecular complexity index is 763. The predicted octanol–water partition coefficient (Wildman–Crippen LogP) is 2.72. The lowest BCUT2D eigenvalue weighted by Crippen LogP contribution is -1.92. The standard InChI is InChI=1S/C18H18N2O2/c1-22-17-8-9-19-16(17)11-14-12-20-15-7-4-6-13(18(14)15)5-2-3-10-21/h4,6-9,11,19-21H,3,10,12H2,1H3/b14-11+. The van der Waals surface area contributed by atoms with Gasteiger partial charge >= 0.3 is 0 Å². The maximum absolute atomic E-state index is 8.87. The Labute approximate surface area is 129 Å². The first-order chi connectivity index (χ1) is 10.8. The molecule has 1 aromatic heterocycles. The highest BCUT2D eigenvalue weighted by Gasteiger charge is 2.19. The van der Waals surface area contributed by atoms with E-state index in [4.69, 9.17) is 9.84 Å². The molecule has 1 aliphatic rings. The lowest BCUT2D eigenvalue weighted by Gasteiger charge is -2.04. The number of hydrogen-bond donors (Lipinski definition) is 3. The van der Waals surface area contributed by atoms with Gasteiger partial charge in [-0.25, -0.2) is 0 Å². The Kier molecular flexibility index (Phi) is 4.17. The number of fused-ring (bicyclic) bond motifs is 1. The fourth-order valence-corrected chi connectivity index (χ4v) is 2.60. The molecular weight excluding hydrogens is 276 g/mol. The molecule has 1 aliphatic heterocycles. The number of benzene rings is 1. The van der Waals surface area contributed by atoms with Crippen molar-refractivity contribution < 1.29 is 9.84 Å². The zero-order valence-corrected chi connectivity index (χ0v) is 12.4. The molecule has 22 heavy (non-hydrogen) atoms. The maximum Gasteiger partial charge on any atom is 0.143 e. The molecule has 1 aromatic carbocycles. The van der Waals surface area contributed by atoms with Gasteiger partial charge in [0.25, 0.3) is 0 Å². The number of aliphatic hydroxyl groups excluding tert-OH is 1. The van der Waals surface area contributed by atoms with Crippen LogP contribution < -0.4 is 10.1 Å². The number of aliphatic hydroxyl groups is 1. The number of methoxy groups -OCH3 is 1. The van der Waals surface area contributed by atoms with Crippen molar-refractivity contribution in [2.45, 2.75) is 6.42 Å². The van der Waals surface area contributed by atoms with Gasteiger partial charge in [-0.2, -0.15) is 0 Å². The van der Waals surface area contributed by atoms with E-state index in [2.05, 4.69) is 34.3 Å². The second-order valence-corrected chi connectivity index (χ2v) is 4.99. The fraction of sp³-hybridized carbons (Fsp3) is 0.222. The molecule has 0 bridgehead atoms. The number of hydrogen-bond acceptors (Lipinski definition) is 3. The summed E-state index contributed by atoms with van der Waals surface area (Å²) in [5.74, 6) is 6.97. The maximum atomic E-state index is 8.87. The van der Waals surface area contributed by atoms with Crippen LogP contribution in [0.4, 0.5) is 5.69 Å². The lowest BCUT2D eigenvalue weighted by molar-refractivity contribution is 0.305. The van der Waals surface area contributed by atoms with Crippen LogP contribution in [0.15, 0.2) is 30.5 Å². The van der Waals surface area contributed by atoms with Crippen LogP contribution in [0.3, 0.4) is 0 Å². The summed E-state index contributed by atoms with van der Waals surface area (Å²) in [6.07, 6.45) is 4.44. The molecule has 0 aliphatic carbocycles. The Morgan fingerprint density at radius 1 is 1.36 bits per heavy atom. The van der Waals surface area contributed by atoms with Gasteiger partial charge in [0.1, 0.15) is 5.75 Å². The highest BCUT2D eigenvalue weighted by Crippen LogP contribution is 2.35. The van der Waals surface area contributed by atoms with E-state index in [1.165, 1.54) is 5.57 Å². The Morgan fingerprint density at radius 2 is 2.27 bits per heavy atom. The molecule has 0 atom stereocenters. The van der Waals surface area contributed by atoms with Crippen molar-refractivity contribution in [1.29, 1.82) is 0 Å². The van der Waals surface area contributed by atoms with Gasteiger partial charge in [0.2, 0.25) is 0 Å². The van der Waals surface area contributed by atoms with Gasteiger partial charge in [0, 0.05) is 36.0 Å². The van der Waals surface area contributed by atoms with E-state index >= 15 is 0 Å². The van der Waals surface area contributed by atoms with Crippen LogP contribution in [0.5, 0.6) is 5.75 Å². The van der Waals surface area contributed by atoms with Gasteiger partial charge in [-0.1, -0.05) is 17.9 Å². The molecule has 0 amide bonds. The molecule has 4 nitrogen and oxygen atoms in total. The van der Waals surface area contributed by atoms with Crippen LogP contribution in [-0.4, -0.2) is 30.4 Å². The summed E-state index contributed by atoms with van der Waals surface area (Å²) in [7, 11) is 1.66. The van der Waals surface area contributed by atoms with Crippen molar-refractivity contribution in [2.24, 2.45) is 0 Å². The average Bonchev–Trinajstić information content (AvgIpc) is 3.15. The van der Waals surface area contributed by atoms with Crippen LogP contribution in [0.2, 0.25) is 0 Å². The quantitative estimate of drug-likeness (QED) is 0.763. The minimum Gasteiger partial charge on any atom is -0.495 e. The summed E-state index contributed by atoms with van der Waals surface area (Å²) in [6, 6.07) is 7.96. The second kappa shape index (κ2) is 6.42. The molecule has 112 valence electrons. The first-order valence-corrected chi connectivity index (χ1v) is 7.22. The summed E-state index contributed by atoms with van der Waals surface area (Å²) in [4.78, 5) is 3.19. The van der Waals surface area contributed by atoms with Crippen molar-refractivity contribution >= 4 is 17.3 Å². The minimum atomic E-state index is 0.0860. The predicted molar refractivity (Wildman–Crippen MR) is 88.7 cm³/mol. The molecule has 2 heterocycles. The van der Waals surface area contributed by atoms with E-state index < -0.39 is 0 Å². The van der Waals surface area contributed by atoms with Crippen LogP contribution in [-0.2, 0) is 0 Å². The summed E-state index contributed by atoms with van der Waals surface area (Å²) in [6.45, 7) is 0.846. The van der Waals surface area contributed by atoms with E-state index in [-0.39, 0.29) is 6.61 Å². The highest BCUT2D eigenvalue weighted by molar-refractivity contribution is 5.95. The number of anilines is 1. The SMILES string of the molecule is COc1cc[nH]c1/C=C1\CNc2cccc(C#CCCO)c21. The summed E-state index contributed by atoms with van der Waals surface area (Å²) >= 11 is 0. The largest absolute Gasteiger partial charge is 0.495 e. The van der Waals surface area contributed by atoms with Gasteiger partial charge in [0.05, 0.1) is 19.4 Å². The smallest absolute Gasteiger partial charge is 0.143 e. The molecular formula is C18H18N2O2. The molecule has 4 heteroatoms. The average molecular weight is 294 g/mol. The number of ether oxygens (including phenoxy) is 1. The van der Waals surface area contributed by atoms with Crippen LogP contribution >= 0.6 is 0 Å². The normalized spacial score (nSPS) is 14.2. The third-order valence-corrected chi connectivity index (χ3v) is 3.59. The molecule has 0 radical (unpaired) electrons. The molecule has 0 spiro atoms. The number of rotatable bonds is 3. The summed E-state index contributed by atoms with van der Waals surface area (Å²) in [5.41, 5.74) is 5.32. The van der Waals surface area contributed by atoms with Gasteiger partial charge in [-0.15, -0.1) is 0 Å². The van der Waals surface area contributed by atoms with Crippen LogP contribution in [0.25, 0.3) is 11.6 Å². The zero-order chi connectivity index (χ0) is 15.4. The zero-order valence-electron chi connectivity index (χ0n) is 12.4. The molecule has 0 saturated carbocycles. The fourth-order valence-electron chi connectivity index (χ4n) is 2.60. The number of aromatic amines is 1. The van der Waals surface area contributed by atoms with Gasteiger partial charge in [-0.05, 0) is 29.8 Å². The third kappa shape index (κ3) is 2.72. The number of H-pyrrole nitrogens is 1. The van der Waals surface area contributed by atoms with Crippen molar-refractivity contribution in [3.8, 4) is 17.6 Å². The lowest BCUT2D eigenvalue weighted by atomic mass is 10.00. The topological polar surface area (TPSA) is 57.3 Å².